The van der Waals surface area contributed by atoms with Crippen molar-refractivity contribution in [3.63, 3.8) is 0 Å². The number of aromatic nitrogens is 5. The molecule has 3 aromatic rings. The van der Waals surface area contributed by atoms with Crippen molar-refractivity contribution in [3.05, 3.63) is 42.3 Å². The number of hydrogen-bond acceptors (Lipinski definition) is 11. The zero-order valence-electron chi connectivity index (χ0n) is 19.0. The smallest absolute Gasteiger partial charge is 0.401 e. The van der Waals surface area contributed by atoms with E-state index >= 15 is 4.39 Å². The van der Waals surface area contributed by atoms with Crippen molar-refractivity contribution in [1.82, 2.24) is 25.2 Å². The molecule has 4 fully saturated rings. The molecule has 0 radical (unpaired) electrons. The zero-order valence-corrected chi connectivity index (χ0v) is 19.9. The summed E-state index contributed by atoms with van der Waals surface area (Å²) in [5.74, 6) is -12.5. The number of phosphoric acid groups is 1. The Hall–Kier alpha value is -3.50. The minimum atomic E-state index is -4.98. The van der Waals surface area contributed by atoms with Crippen molar-refractivity contribution in [2.24, 2.45) is 0 Å². The number of phosphoric ester groups is 1. The lowest BCUT2D eigenvalue weighted by atomic mass is 10.0. The number of ether oxygens (including phenoxy) is 1. The monoisotopic (exact) mass is 558 g/mol. The Balaban J connectivity index is 1.31. The van der Waals surface area contributed by atoms with E-state index in [1.54, 1.807) is 0 Å². The summed E-state index contributed by atoms with van der Waals surface area (Å²) in [5.41, 5.74) is 0.233. The van der Waals surface area contributed by atoms with E-state index in [1.165, 1.54) is 29.2 Å². The van der Waals surface area contributed by atoms with E-state index in [1.807, 2.05) is 6.92 Å². The number of benzene rings is 1. The van der Waals surface area contributed by atoms with Gasteiger partial charge >= 0.3 is 31.5 Å². The van der Waals surface area contributed by atoms with Gasteiger partial charge in [-0.1, -0.05) is 13.0 Å². The number of rotatable bonds is 7. The van der Waals surface area contributed by atoms with Crippen LogP contribution in [-0.2, 0) is 29.4 Å². The first-order valence-electron chi connectivity index (χ1n) is 10.9. The molecule has 200 valence electrons. The van der Waals surface area contributed by atoms with Gasteiger partial charge in [-0.3, -0.25) is 4.98 Å². The van der Waals surface area contributed by atoms with Crippen LogP contribution in [0.3, 0.4) is 0 Å². The number of aliphatic hydroxyl groups is 1. The van der Waals surface area contributed by atoms with Crippen LogP contribution in [0.2, 0.25) is 0 Å². The quantitative estimate of drug-likeness (QED) is 0.336. The Bertz CT molecular complexity index is 1500. The number of tetrazole rings is 1. The maximum absolute atomic E-state index is 15.2. The summed E-state index contributed by atoms with van der Waals surface area (Å²) in [6.07, 6.45) is -3.41. The predicted octanol–water partition coefficient (Wildman–Crippen LogP) is 3.37. The van der Waals surface area contributed by atoms with Crippen molar-refractivity contribution in [1.29, 1.82) is 0 Å². The molecule has 4 aliphatic heterocycles. The molecule has 6 heterocycles. The first-order valence-corrected chi connectivity index (χ1v) is 12.4. The average Bonchev–Trinajstić information content (AvgIpc) is 3.53. The lowest BCUT2D eigenvalue weighted by Crippen LogP contribution is -2.68. The van der Waals surface area contributed by atoms with Crippen LogP contribution in [0.25, 0.3) is 22.6 Å². The third kappa shape index (κ3) is 3.19. The highest BCUT2D eigenvalue weighted by Gasteiger charge is 2.97. The molecule has 0 unspecified atom stereocenters. The number of hydrogen-bond donors (Lipinski definition) is 1. The van der Waals surface area contributed by atoms with Crippen molar-refractivity contribution in [2.45, 2.75) is 43.9 Å². The summed E-state index contributed by atoms with van der Waals surface area (Å²) in [4.78, 5) is 18.4. The van der Waals surface area contributed by atoms with Gasteiger partial charge < -0.3 is 9.84 Å². The molecule has 1 spiro atoms. The van der Waals surface area contributed by atoms with Gasteiger partial charge in [0.05, 0.1) is 12.2 Å². The molecule has 18 heteroatoms. The minimum absolute atomic E-state index is 0.0000223. The van der Waals surface area contributed by atoms with Crippen LogP contribution in [0, 0.1) is 5.82 Å². The molecule has 2 aromatic heterocycles. The third-order valence-electron chi connectivity index (χ3n) is 5.96. The second-order valence-electron chi connectivity index (χ2n) is 8.39. The molecule has 0 saturated carbocycles. The van der Waals surface area contributed by atoms with E-state index in [9.17, 15) is 22.5 Å². The fourth-order valence-electron chi connectivity index (χ4n) is 4.26. The van der Waals surface area contributed by atoms with E-state index in [2.05, 4.69) is 29.7 Å². The average molecular weight is 558 g/mol. The molecule has 1 N–H and O–H groups in total. The number of pyridine rings is 1. The van der Waals surface area contributed by atoms with Gasteiger partial charge in [-0.15, -0.1) is 10.2 Å². The fourth-order valence-corrected chi connectivity index (χ4v) is 5.95. The second kappa shape index (κ2) is 8.00. The minimum Gasteiger partial charge on any atom is -0.401 e. The van der Waals surface area contributed by atoms with Gasteiger partial charge in [-0.25, -0.2) is 36.6 Å². The summed E-state index contributed by atoms with van der Waals surface area (Å²) in [5, 5.41) is 21.0. The van der Waals surface area contributed by atoms with Gasteiger partial charge in [0, 0.05) is 17.3 Å². The van der Waals surface area contributed by atoms with Crippen molar-refractivity contribution >= 4 is 19.6 Å². The number of aliphatic hydroxyl groups excluding tert-OH is 1. The normalized spacial score (nSPS) is 28.7. The Morgan fingerprint density at radius 2 is 1.97 bits per heavy atom. The van der Waals surface area contributed by atoms with Crippen molar-refractivity contribution < 1.29 is 50.3 Å². The molecule has 1 amide bonds. The number of halogens is 4. The van der Waals surface area contributed by atoms with Gasteiger partial charge in [0.15, 0.2) is 0 Å². The summed E-state index contributed by atoms with van der Waals surface area (Å²) in [6.45, 7) is 2.52. The SMILES string of the molecule is CCCn1nnc(-c2ccc(-c3ccc(N4C(=O)O[C@@]5(C(F)(F)[C@H](O)F)OP6(=O)OC45O6)cc3F)cn2)n1. The van der Waals surface area contributed by atoms with Gasteiger partial charge in [-0.05, 0) is 35.9 Å². The number of carbonyl (C=O) groups excluding carboxylic acids is 1. The highest BCUT2D eigenvalue weighted by molar-refractivity contribution is 7.50. The second-order valence-corrected chi connectivity index (χ2v) is 9.83. The van der Waals surface area contributed by atoms with Crippen LogP contribution >= 0.6 is 7.82 Å². The Kier molecular flexibility index (Phi) is 5.23. The van der Waals surface area contributed by atoms with Gasteiger partial charge in [0.25, 0.3) is 6.36 Å². The van der Waals surface area contributed by atoms with Crippen LogP contribution in [0.5, 0.6) is 0 Å². The fraction of sp³-hybridized carbons (Fsp3) is 0.350. The van der Waals surface area contributed by atoms with E-state index in [-0.39, 0.29) is 16.3 Å². The lowest BCUT2D eigenvalue weighted by molar-refractivity contribution is -0.362. The van der Waals surface area contributed by atoms with Crippen LogP contribution in [0.1, 0.15) is 13.3 Å². The number of aryl methyl sites for hydroxylation is 1. The first-order chi connectivity index (χ1) is 18.0. The molecular formula is C20H15F4N6O7P. The Labute approximate surface area is 209 Å². The maximum atomic E-state index is 15.2. The van der Waals surface area contributed by atoms with Crippen LogP contribution in [-0.4, -0.2) is 60.4 Å². The summed E-state index contributed by atoms with van der Waals surface area (Å²) < 4.78 is 88.8. The van der Waals surface area contributed by atoms with E-state index in [4.69, 9.17) is 14.2 Å². The topological polar surface area (TPSA) is 151 Å². The Morgan fingerprint density at radius 3 is 2.61 bits per heavy atom. The molecule has 4 saturated heterocycles. The van der Waals surface area contributed by atoms with Crippen LogP contribution in [0.4, 0.5) is 28.0 Å². The van der Waals surface area contributed by atoms with Gasteiger partial charge in [0.1, 0.15) is 11.5 Å². The number of nitrogens with zero attached hydrogens (tertiary/aromatic N) is 6. The largest absolute Gasteiger partial charge is 0.487 e. The highest BCUT2D eigenvalue weighted by Crippen LogP contribution is 2.82. The molecule has 2 atom stereocenters. The zero-order chi connectivity index (χ0) is 27.1. The first kappa shape index (κ1) is 24.8. The molecule has 0 aliphatic carbocycles. The molecule has 4 aliphatic rings. The van der Waals surface area contributed by atoms with Crippen LogP contribution in [0.15, 0.2) is 36.5 Å². The van der Waals surface area contributed by atoms with Crippen LogP contribution < -0.4 is 4.90 Å². The van der Waals surface area contributed by atoms with E-state index in [0.717, 1.165) is 18.6 Å². The lowest BCUT2D eigenvalue weighted by Gasteiger charge is -2.40. The third-order valence-corrected chi connectivity index (χ3v) is 7.39. The summed E-state index contributed by atoms with van der Waals surface area (Å²) >= 11 is 0. The number of anilines is 1. The van der Waals surface area contributed by atoms with Gasteiger partial charge in [-0.2, -0.15) is 13.6 Å². The van der Waals surface area contributed by atoms with Gasteiger partial charge in [0.2, 0.25) is 5.82 Å². The van der Waals surface area contributed by atoms with E-state index < -0.39 is 49.4 Å². The maximum Gasteiger partial charge on any atom is 0.487 e. The standard InChI is InChI=1S/C20H15F4N6O7P/c1-2-7-29-27-15(26-28-29)14-6-3-10(9-25-14)12-5-4-11(8-13(12)21)30-17(32)34-19(18(23,24)16(22)31)20(30)36-38(33,35-19)37-20/h3-6,8-9,16,31H,2,7H2,1H3/t16-,19-,20?,38?/m0/s1. The number of alkyl halides is 3. The Morgan fingerprint density at radius 1 is 1.21 bits per heavy atom. The van der Waals surface area contributed by atoms with Crippen molar-refractivity contribution in [3.8, 4) is 22.6 Å². The van der Waals surface area contributed by atoms with E-state index in [0.29, 0.717) is 17.8 Å². The number of amides is 1. The molecule has 1 aromatic carbocycles. The molecule has 7 rings (SSSR count). The highest BCUT2D eigenvalue weighted by atomic mass is 31.2. The summed E-state index contributed by atoms with van der Waals surface area (Å²) in [6, 6.07) is 6.13. The molecule has 38 heavy (non-hydrogen) atoms. The number of carbonyl (C=O) groups is 1. The predicted molar refractivity (Wildman–Crippen MR) is 114 cm³/mol. The molecule has 2 bridgehead atoms. The molecular weight excluding hydrogens is 543 g/mol. The molecule has 13 nitrogen and oxygen atoms in total. The van der Waals surface area contributed by atoms with Crippen molar-refractivity contribution in [2.75, 3.05) is 4.90 Å². The summed E-state index contributed by atoms with van der Waals surface area (Å²) in [7, 11) is -4.67.